The van der Waals surface area contributed by atoms with Gasteiger partial charge >= 0.3 is 0 Å². The van der Waals surface area contributed by atoms with Gasteiger partial charge in [0.2, 0.25) is 0 Å². The number of rotatable bonds is 4. The molecule has 0 atom stereocenters. The summed E-state index contributed by atoms with van der Waals surface area (Å²) >= 11 is 0. The quantitative estimate of drug-likeness (QED) is 0.597. The van der Waals surface area contributed by atoms with Gasteiger partial charge in [0.15, 0.2) is 0 Å². The molecule has 0 saturated heterocycles. The number of hydrogen-bond donors (Lipinski definition) is 3. The van der Waals surface area contributed by atoms with E-state index >= 15 is 0 Å². The van der Waals surface area contributed by atoms with Gasteiger partial charge in [0.05, 0.1) is 10.6 Å². The topological polar surface area (TPSA) is 84.2 Å². The fraction of sp³-hybridized carbons (Fsp3) is 0.0769. The van der Waals surface area contributed by atoms with E-state index in [0.717, 1.165) is 12.1 Å². The van der Waals surface area contributed by atoms with E-state index in [9.17, 15) is 17.2 Å². The first-order chi connectivity index (χ1) is 9.83. The highest BCUT2D eigenvalue weighted by Gasteiger charge is 2.17. The standard InChI is InChI=1S/C13H13F2N3O2S/c1-8-6-12(15)13(7-11(8)14)18-21(19,20)10-4-2-9(17-16)3-5-10/h2-7,17-18H,16H2,1H3. The van der Waals surface area contributed by atoms with Crippen molar-refractivity contribution < 1.29 is 17.2 Å². The number of nitrogen functional groups attached to an aromatic ring is 1. The maximum absolute atomic E-state index is 13.7. The predicted octanol–water partition coefficient (Wildman–Crippen LogP) is 2.36. The number of nitrogens with one attached hydrogen (secondary N) is 2. The zero-order valence-electron chi connectivity index (χ0n) is 11.0. The van der Waals surface area contributed by atoms with Gasteiger partial charge in [-0.15, -0.1) is 0 Å². The minimum absolute atomic E-state index is 0.0915. The third-order valence-electron chi connectivity index (χ3n) is 2.82. The summed E-state index contributed by atoms with van der Waals surface area (Å²) in [5, 5.41) is 0. The smallest absolute Gasteiger partial charge is 0.261 e. The second-order valence-electron chi connectivity index (χ2n) is 4.36. The van der Waals surface area contributed by atoms with E-state index < -0.39 is 27.3 Å². The van der Waals surface area contributed by atoms with Crippen LogP contribution in [0.4, 0.5) is 20.2 Å². The maximum atomic E-state index is 13.7. The van der Waals surface area contributed by atoms with E-state index in [1.165, 1.54) is 31.2 Å². The first kappa shape index (κ1) is 15.2. The number of hydrazine groups is 1. The molecule has 5 nitrogen and oxygen atoms in total. The van der Waals surface area contributed by atoms with E-state index in [1.54, 1.807) is 0 Å². The average molecular weight is 313 g/mol. The fourth-order valence-electron chi connectivity index (χ4n) is 1.66. The lowest BCUT2D eigenvalue weighted by atomic mass is 10.2. The summed E-state index contributed by atoms with van der Waals surface area (Å²) in [5.41, 5.74) is 2.51. The normalized spacial score (nSPS) is 11.2. The van der Waals surface area contributed by atoms with Gasteiger partial charge in [0.1, 0.15) is 11.6 Å². The van der Waals surface area contributed by atoms with Crippen molar-refractivity contribution in [2.75, 3.05) is 10.1 Å². The summed E-state index contributed by atoms with van der Waals surface area (Å²) in [6.45, 7) is 1.38. The molecule has 0 spiro atoms. The lowest BCUT2D eigenvalue weighted by Gasteiger charge is -2.10. The first-order valence-corrected chi connectivity index (χ1v) is 7.37. The third-order valence-corrected chi connectivity index (χ3v) is 4.21. The van der Waals surface area contributed by atoms with Crippen molar-refractivity contribution in [3.05, 3.63) is 53.6 Å². The number of aryl methyl sites for hydroxylation is 1. The molecule has 0 amide bonds. The van der Waals surface area contributed by atoms with Crippen molar-refractivity contribution in [3.63, 3.8) is 0 Å². The Hall–Kier alpha value is -2.19. The van der Waals surface area contributed by atoms with Gasteiger partial charge in [0.25, 0.3) is 10.0 Å². The van der Waals surface area contributed by atoms with Crippen LogP contribution in [-0.2, 0) is 10.0 Å². The van der Waals surface area contributed by atoms with Gasteiger partial charge in [-0.05, 0) is 42.8 Å². The van der Waals surface area contributed by atoms with Crippen LogP contribution in [0.25, 0.3) is 0 Å². The SMILES string of the molecule is Cc1cc(F)c(NS(=O)(=O)c2ccc(NN)cc2)cc1F. The molecule has 0 unspecified atom stereocenters. The van der Waals surface area contributed by atoms with Gasteiger partial charge < -0.3 is 5.43 Å². The molecule has 0 aliphatic carbocycles. The highest BCUT2D eigenvalue weighted by molar-refractivity contribution is 7.92. The van der Waals surface area contributed by atoms with Crippen LogP contribution in [0.3, 0.4) is 0 Å². The molecule has 4 N–H and O–H groups in total. The van der Waals surface area contributed by atoms with Crippen LogP contribution in [0.2, 0.25) is 0 Å². The molecule has 2 aromatic carbocycles. The summed E-state index contributed by atoms with van der Waals surface area (Å²) in [6, 6.07) is 7.20. The third kappa shape index (κ3) is 3.29. The molecule has 0 bridgehead atoms. The minimum atomic E-state index is -4.02. The second kappa shape index (κ2) is 5.66. The first-order valence-electron chi connectivity index (χ1n) is 5.88. The predicted molar refractivity (Wildman–Crippen MR) is 76.2 cm³/mol. The Balaban J connectivity index is 2.34. The molecule has 0 fully saturated rings. The Morgan fingerprint density at radius 1 is 1.05 bits per heavy atom. The summed E-state index contributed by atoms with van der Waals surface area (Å²) < 4.78 is 53.3. The summed E-state index contributed by atoms with van der Waals surface area (Å²) in [4.78, 5) is -0.0955. The van der Waals surface area contributed by atoms with Crippen molar-refractivity contribution in [2.24, 2.45) is 5.84 Å². The number of benzene rings is 2. The molecule has 0 heterocycles. The molecule has 2 aromatic rings. The van der Waals surface area contributed by atoms with E-state index in [1.807, 2.05) is 4.72 Å². The molecule has 2 rings (SSSR count). The number of nitrogens with two attached hydrogens (primary N) is 1. The van der Waals surface area contributed by atoms with Gasteiger partial charge in [-0.2, -0.15) is 0 Å². The Bertz CT molecular complexity index is 762. The molecule has 0 radical (unpaired) electrons. The van der Waals surface area contributed by atoms with Gasteiger partial charge in [-0.25, -0.2) is 17.2 Å². The Morgan fingerprint density at radius 2 is 1.67 bits per heavy atom. The van der Waals surface area contributed by atoms with E-state index in [-0.39, 0.29) is 10.5 Å². The molecule has 21 heavy (non-hydrogen) atoms. The van der Waals surface area contributed by atoms with Crippen LogP contribution >= 0.6 is 0 Å². The summed E-state index contributed by atoms with van der Waals surface area (Å²) in [6.07, 6.45) is 0. The Labute approximate surface area is 120 Å². The lowest BCUT2D eigenvalue weighted by molar-refractivity contribution is 0.590. The van der Waals surface area contributed by atoms with Gasteiger partial charge in [-0.3, -0.25) is 10.6 Å². The molecule has 0 aliphatic heterocycles. The largest absolute Gasteiger partial charge is 0.324 e. The number of hydrogen-bond acceptors (Lipinski definition) is 4. The molecular weight excluding hydrogens is 300 g/mol. The van der Waals surface area contributed by atoms with E-state index in [0.29, 0.717) is 5.69 Å². The fourth-order valence-corrected chi connectivity index (χ4v) is 2.72. The molecule has 112 valence electrons. The molecule has 0 aliphatic rings. The van der Waals surface area contributed by atoms with Crippen molar-refractivity contribution in [2.45, 2.75) is 11.8 Å². The Morgan fingerprint density at radius 3 is 2.24 bits per heavy atom. The molecular formula is C13H13F2N3O2S. The zero-order chi connectivity index (χ0) is 15.6. The van der Waals surface area contributed by atoms with Crippen molar-refractivity contribution in [1.82, 2.24) is 0 Å². The zero-order valence-corrected chi connectivity index (χ0v) is 11.8. The monoisotopic (exact) mass is 313 g/mol. The van der Waals surface area contributed by atoms with Gasteiger partial charge in [0, 0.05) is 11.8 Å². The molecule has 0 aromatic heterocycles. The van der Waals surface area contributed by atoms with Crippen molar-refractivity contribution in [3.8, 4) is 0 Å². The lowest BCUT2D eigenvalue weighted by Crippen LogP contribution is -2.14. The van der Waals surface area contributed by atoms with Crippen LogP contribution in [-0.4, -0.2) is 8.42 Å². The van der Waals surface area contributed by atoms with E-state index in [2.05, 4.69) is 5.43 Å². The van der Waals surface area contributed by atoms with E-state index in [4.69, 9.17) is 5.84 Å². The van der Waals surface area contributed by atoms with Crippen molar-refractivity contribution in [1.29, 1.82) is 0 Å². The van der Waals surface area contributed by atoms with Crippen LogP contribution < -0.4 is 16.0 Å². The molecule has 8 heteroatoms. The number of halogens is 2. The average Bonchev–Trinajstić information content (AvgIpc) is 2.44. The highest BCUT2D eigenvalue weighted by atomic mass is 32.2. The number of sulfonamides is 1. The van der Waals surface area contributed by atoms with Crippen LogP contribution in [0.15, 0.2) is 41.3 Å². The second-order valence-corrected chi connectivity index (χ2v) is 6.04. The van der Waals surface area contributed by atoms with Crippen LogP contribution in [0, 0.1) is 18.6 Å². The summed E-state index contributed by atoms with van der Waals surface area (Å²) in [7, 11) is -4.02. The maximum Gasteiger partial charge on any atom is 0.261 e. The molecule has 0 saturated carbocycles. The highest BCUT2D eigenvalue weighted by Crippen LogP contribution is 2.23. The van der Waals surface area contributed by atoms with Crippen molar-refractivity contribution >= 4 is 21.4 Å². The minimum Gasteiger partial charge on any atom is -0.324 e. The van der Waals surface area contributed by atoms with Crippen LogP contribution in [0.5, 0.6) is 0 Å². The summed E-state index contributed by atoms with van der Waals surface area (Å²) in [5.74, 6) is 3.63. The Kier molecular flexibility index (Phi) is 4.10. The van der Waals surface area contributed by atoms with Gasteiger partial charge in [-0.1, -0.05) is 0 Å². The van der Waals surface area contributed by atoms with Crippen LogP contribution in [0.1, 0.15) is 5.56 Å². The number of anilines is 2.